The van der Waals surface area contributed by atoms with Gasteiger partial charge in [0.2, 0.25) is 6.41 Å². The molecule has 0 aromatic heterocycles. The molecule has 0 aliphatic heterocycles. The van der Waals surface area contributed by atoms with Gasteiger partial charge in [-0.25, -0.2) is 0 Å². The van der Waals surface area contributed by atoms with Gasteiger partial charge in [0.15, 0.2) is 6.29 Å². The van der Waals surface area contributed by atoms with Gasteiger partial charge in [0.25, 0.3) is 5.91 Å². The molecule has 1 atom stereocenters. The number of likely N-dealkylation sites (N-methyl/N-ethyl adjacent to an activating group) is 1. The number of amides is 2. The largest absolute Gasteiger partial charge is 0.384 e. The van der Waals surface area contributed by atoms with E-state index in [9.17, 15) is 19.2 Å². The number of carbonyl (C=O) groups is 4. The number of hydrogen-bond acceptors (Lipinski definition) is 5. The second-order valence-electron chi connectivity index (χ2n) is 7.42. The summed E-state index contributed by atoms with van der Waals surface area (Å²) in [7, 11) is 1.60. The van der Waals surface area contributed by atoms with E-state index in [1.165, 1.54) is 4.90 Å². The number of anilines is 1. The molecular formula is C23H35N3O4. The molecule has 0 saturated carbocycles. The Morgan fingerprint density at radius 1 is 1.03 bits per heavy atom. The Hall–Kier alpha value is -2.70. The lowest BCUT2D eigenvalue weighted by atomic mass is 10.0. The molecule has 0 spiro atoms. The van der Waals surface area contributed by atoms with Crippen molar-refractivity contribution in [1.29, 1.82) is 0 Å². The summed E-state index contributed by atoms with van der Waals surface area (Å²) < 4.78 is 0. The lowest BCUT2D eigenvalue weighted by molar-refractivity contribution is -0.111. The number of carbonyl (C=O) groups excluding carboxylic acids is 4. The highest BCUT2D eigenvalue weighted by atomic mass is 16.2. The van der Waals surface area contributed by atoms with E-state index in [1.54, 1.807) is 25.2 Å². The van der Waals surface area contributed by atoms with Crippen LogP contribution in [0.3, 0.4) is 0 Å². The van der Waals surface area contributed by atoms with Gasteiger partial charge in [0, 0.05) is 31.4 Å². The van der Waals surface area contributed by atoms with Crippen molar-refractivity contribution < 1.29 is 19.2 Å². The molecule has 2 N–H and O–H groups in total. The maximum Gasteiger partial charge on any atom is 0.257 e. The van der Waals surface area contributed by atoms with Crippen LogP contribution in [0.2, 0.25) is 0 Å². The fourth-order valence-electron chi connectivity index (χ4n) is 3.37. The maximum atomic E-state index is 13.0. The summed E-state index contributed by atoms with van der Waals surface area (Å²) in [6.07, 6.45) is 9.91. The Bertz CT molecular complexity index is 678. The fourth-order valence-corrected chi connectivity index (χ4v) is 3.37. The fraction of sp³-hybridized carbons (Fsp3) is 0.565. The molecule has 1 aromatic carbocycles. The third-order valence-electron chi connectivity index (χ3n) is 5.14. The third kappa shape index (κ3) is 8.35. The van der Waals surface area contributed by atoms with E-state index >= 15 is 0 Å². The second kappa shape index (κ2) is 15.2. The van der Waals surface area contributed by atoms with Crippen LogP contribution in [0.25, 0.3) is 0 Å². The number of hydrogen-bond donors (Lipinski definition) is 2. The molecule has 2 amide bonds. The van der Waals surface area contributed by atoms with Gasteiger partial charge >= 0.3 is 0 Å². The van der Waals surface area contributed by atoms with Gasteiger partial charge in [-0.2, -0.15) is 0 Å². The number of unbranched alkanes of at least 4 members (excludes halogenated alkanes) is 5. The first kappa shape index (κ1) is 25.3. The highest BCUT2D eigenvalue weighted by Crippen LogP contribution is 2.22. The normalized spacial score (nSPS) is 11.4. The monoisotopic (exact) mass is 417 g/mol. The molecule has 166 valence electrons. The zero-order valence-corrected chi connectivity index (χ0v) is 18.2. The quantitative estimate of drug-likeness (QED) is 0.299. The molecule has 1 rings (SSSR count). The van der Waals surface area contributed by atoms with Crippen LogP contribution in [-0.4, -0.2) is 56.0 Å². The lowest BCUT2D eigenvalue weighted by Gasteiger charge is -2.25. The molecular weight excluding hydrogens is 382 g/mol. The molecule has 0 aliphatic carbocycles. The summed E-state index contributed by atoms with van der Waals surface area (Å²) in [5.41, 5.74) is 1.26. The van der Waals surface area contributed by atoms with Crippen molar-refractivity contribution in [3.05, 3.63) is 29.3 Å². The van der Waals surface area contributed by atoms with E-state index in [2.05, 4.69) is 10.6 Å². The minimum Gasteiger partial charge on any atom is -0.384 e. The van der Waals surface area contributed by atoms with E-state index in [0.717, 1.165) is 64.2 Å². The van der Waals surface area contributed by atoms with Crippen molar-refractivity contribution in [2.45, 2.75) is 64.3 Å². The van der Waals surface area contributed by atoms with Crippen molar-refractivity contribution in [3.63, 3.8) is 0 Å². The van der Waals surface area contributed by atoms with Crippen LogP contribution >= 0.6 is 0 Å². The topological polar surface area (TPSA) is 95.6 Å². The second-order valence-corrected chi connectivity index (χ2v) is 7.42. The summed E-state index contributed by atoms with van der Waals surface area (Å²) in [6, 6.07) is 4.66. The SMILES string of the molecule is CCCC(C=O)N(C)C(=O)c1c(C=O)cccc1NCCCCCCCCNC=O. The van der Waals surface area contributed by atoms with E-state index in [0.29, 0.717) is 36.1 Å². The van der Waals surface area contributed by atoms with Crippen molar-refractivity contribution in [1.82, 2.24) is 10.2 Å². The first-order chi connectivity index (χ1) is 14.6. The number of aldehydes is 2. The van der Waals surface area contributed by atoms with Crippen molar-refractivity contribution in [2.24, 2.45) is 0 Å². The summed E-state index contributed by atoms with van der Waals surface area (Å²) in [5, 5.41) is 5.95. The Morgan fingerprint density at radius 3 is 2.30 bits per heavy atom. The van der Waals surface area contributed by atoms with E-state index in [1.807, 2.05) is 6.92 Å². The van der Waals surface area contributed by atoms with Gasteiger partial charge in [-0.3, -0.25) is 14.4 Å². The van der Waals surface area contributed by atoms with Gasteiger partial charge in [-0.15, -0.1) is 0 Å². The lowest BCUT2D eigenvalue weighted by Crippen LogP contribution is -2.38. The van der Waals surface area contributed by atoms with Crippen LogP contribution in [0.5, 0.6) is 0 Å². The van der Waals surface area contributed by atoms with E-state index in [4.69, 9.17) is 0 Å². The molecule has 7 nitrogen and oxygen atoms in total. The Morgan fingerprint density at radius 2 is 1.70 bits per heavy atom. The molecule has 0 fully saturated rings. The number of nitrogens with zero attached hydrogens (tertiary/aromatic N) is 1. The molecule has 0 radical (unpaired) electrons. The smallest absolute Gasteiger partial charge is 0.257 e. The summed E-state index contributed by atoms with van der Waals surface area (Å²) in [5.74, 6) is -0.324. The minimum absolute atomic E-state index is 0.320. The Labute approximate surface area is 179 Å². The first-order valence-electron chi connectivity index (χ1n) is 10.8. The zero-order valence-electron chi connectivity index (χ0n) is 18.2. The average molecular weight is 418 g/mol. The van der Waals surface area contributed by atoms with Crippen LogP contribution in [0, 0.1) is 0 Å². The number of nitrogens with one attached hydrogen (secondary N) is 2. The van der Waals surface area contributed by atoms with Gasteiger partial charge < -0.3 is 20.3 Å². The molecule has 0 heterocycles. The number of benzene rings is 1. The maximum absolute atomic E-state index is 13.0. The van der Waals surface area contributed by atoms with Gasteiger partial charge in [-0.1, -0.05) is 51.2 Å². The van der Waals surface area contributed by atoms with Crippen LogP contribution in [0.1, 0.15) is 79.0 Å². The predicted octanol–water partition coefficient (Wildman–Crippen LogP) is 3.44. The standard InChI is InChI=1S/C23H35N3O4/c1-3-11-20(17-28)26(2)23(30)22-19(16-27)12-10-13-21(22)25-15-9-7-5-4-6-8-14-24-18-29/h10,12-13,16-18,20,25H,3-9,11,14-15H2,1-2H3,(H,24,29). The summed E-state index contributed by atoms with van der Waals surface area (Å²) in [6.45, 7) is 3.39. The molecule has 0 saturated heterocycles. The number of rotatable bonds is 17. The molecule has 7 heteroatoms. The van der Waals surface area contributed by atoms with Crippen molar-refractivity contribution in [3.8, 4) is 0 Å². The summed E-state index contributed by atoms with van der Waals surface area (Å²) in [4.78, 5) is 47.5. The first-order valence-corrected chi connectivity index (χ1v) is 10.8. The van der Waals surface area contributed by atoms with Crippen molar-refractivity contribution in [2.75, 3.05) is 25.5 Å². The molecule has 1 unspecified atom stereocenters. The van der Waals surface area contributed by atoms with Crippen LogP contribution < -0.4 is 10.6 Å². The zero-order chi connectivity index (χ0) is 22.2. The highest BCUT2D eigenvalue weighted by molar-refractivity contribution is 6.06. The predicted molar refractivity (Wildman–Crippen MR) is 119 cm³/mol. The van der Waals surface area contributed by atoms with Crippen molar-refractivity contribution >= 4 is 30.6 Å². The average Bonchev–Trinajstić information content (AvgIpc) is 2.77. The van der Waals surface area contributed by atoms with E-state index in [-0.39, 0.29) is 5.91 Å². The Kier molecular flexibility index (Phi) is 12.8. The minimum atomic E-state index is -0.503. The van der Waals surface area contributed by atoms with Crippen LogP contribution in [-0.2, 0) is 9.59 Å². The van der Waals surface area contributed by atoms with Crippen LogP contribution in [0.4, 0.5) is 5.69 Å². The van der Waals surface area contributed by atoms with Gasteiger partial charge in [-0.05, 0) is 25.3 Å². The third-order valence-corrected chi connectivity index (χ3v) is 5.14. The molecule has 0 bridgehead atoms. The van der Waals surface area contributed by atoms with Gasteiger partial charge in [0.1, 0.15) is 6.29 Å². The van der Waals surface area contributed by atoms with Gasteiger partial charge in [0.05, 0.1) is 11.6 Å². The highest BCUT2D eigenvalue weighted by Gasteiger charge is 2.24. The van der Waals surface area contributed by atoms with Crippen LogP contribution in [0.15, 0.2) is 18.2 Å². The molecule has 30 heavy (non-hydrogen) atoms. The summed E-state index contributed by atoms with van der Waals surface area (Å²) >= 11 is 0. The Balaban J connectivity index is 2.62. The molecule has 0 aliphatic rings. The molecule has 1 aromatic rings. The van der Waals surface area contributed by atoms with E-state index < -0.39 is 6.04 Å².